The van der Waals surface area contributed by atoms with Gasteiger partial charge in [0.25, 0.3) is 11.5 Å². The second-order valence-corrected chi connectivity index (χ2v) is 6.91. The quantitative estimate of drug-likeness (QED) is 0.641. The molecule has 0 saturated carbocycles. The number of nitrogen functional groups attached to an aromatic ring is 1. The van der Waals surface area contributed by atoms with Crippen molar-refractivity contribution >= 4 is 33.3 Å². The van der Waals surface area contributed by atoms with E-state index in [4.69, 9.17) is 5.73 Å². The summed E-state index contributed by atoms with van der Waals surface area (Å²) in [6.45, 7) is 0.112. The van der Waals surface area contributed by atoms with Crippen LogP contribution in [0.15, 0.2) is 62.6 Å². The summed E-state index contributed by atoms with van der Waals surface area (Å²) >= 11 is 3.19. The van der Waals surface area contributed by atoms with Crippen LogP contribution in [-0.2, 0) is 6.54 Å². The number of nitrogens with two attached hydrogens (primary N) is 1. The van der Waals surface area contributed by atoms with Gasteiger partial charge in [-0.2, -0.15) is 0 Å². The fraction of sp³-hybridized carbons (Fsp3) is 0.105. The smallest absolute Gasteiger partial charge is 0.330 e. The number of halogens is 2. The molecule has 0 atom stereocenters. The molecule has 0 fully saturated rings. The molecule has 2 aromatic carbocycles. The van der Waals surface area contributed by atoms with E-state index in [1.165, 1.54) is 19.2 Å². The number of nitrogens with zero attached hydrogens (tertiary/aromatic N) is 2. The van der Waals surface area contributed by atoms with Gasteiger partial charge in [0.1, 0.15) is 11.6 Å². The molecule has 0 unspecified atom stereocenters. The lowest BCUT2D eigenvalue weighted by Crippen LogP contribution is -2.39. The molecule has 7 nitrogen and oxygen atoms in total. The fourth-order valence-electron chi connectivity index (χ4n) is 2.77. The van der Waals surface area contributed by atoms with Crippen molar-refractivity contribution in [1.82, 2.24) is 9.55 Å². The monoisotopic (exact) mass is 446 g/mol. The van der Waals surface area contributed by atoms with Gasteiger partial charge in [0.2, 0.25) is 0 Å². The average molecular weight is 447 g/mol. The number of carbonyl (C=O) groups is 1. The normalized spacial score (nSPS) is 10.7. The summed E-state index contributed by atoms with van der Waals surface area (Å²) in [5, 5.41) is 0. The zero-order valence-corrected chi connectivity index (χ0v) is 16.4. The van der Waals surface area contributed by atoms with E-state index >= 15 is 0 Å². The van der Waals surface area contributed by atoms with Crippen LogP contribution in [-0.4, -0.2) is 22.5 Å². The number of hydrogen-bond donors (Lipinski definition) is 2. The molecule has 0 aliphatic rings. The third kappa shape index (κ3) is 3.74. The number of benzene rings is 2. The van der Waals surface area contributed by atoms with E-state index in [9.17, 15) is 18.8 Å². The summed E-state index contributed by atoms with van der Waals surface area (Å²) in [7, 11) is 1.33. The van der Waals surface area contributed by atoms with Gasteiger partial charge in [0, 0.05) is 11.5 Å². The maximum Gasteiger partial charge on any atom is 0.330 e. The Morgan fingerprint density at radius 3 is 2.57 bits per heavy atom. The second-order valence-electron chi connectivity index (χ2n) is 6.05. The Hall–Kier alpha value is -3.20. The minimum Gasteiger partial charge on any atom is -0.383 e. The predicted molar refractivity (Wildman–Crippen MR) is 108 cm³/mol. The van der Waals surface area contributed by atoms with Gasteiger partial charge in [-0.3, -0.25) is 19.1 Å². The Bertz CT molecular complexity index is 1160. The lowest BCUT2D eigenvalue weighted by atomic mass is 10.2. The van der Waals surface area contributed by atoms with Gasteiger partial charge in [-0.25, -0.2) is 9.18 Å². The summed E-state index contributed by atoms with van der Waals surface area (Å²) in [6, 6.07) is 12.7. The van der Waals surface area contributed by atoms with Crippen LogP contribution in [0.3, 0.4) is 0 Å². The van der Waals surface area contributed by atoms with Crippen molar-refractivity contribution in [3.05, 3.63) is 90.8 Å². The number of anilines is 2. The van der Waals surface area contributed by atoms with Crippen molar-refractivity contribution in [2.45, 2.75) is 6.54 Å². The van der Waals surface area contributed by atoms with E-state index in [1.807, 2.05) is 6.07 Å². The second kappa shape index (κ2) is 7.81. The first-order valence-corrected chi connectivity index (χ1v) is 8.98. The molecule has 1 aromatic heterocycles. The first-order chi connectivity index (χ1) is 13.3. The van der Waals surface area contributed by atoms with Gasteiger partial charge >= 0.3 is 5.69 Å². The number of nitrogens with one attached hydrogen (secondary N) is 1. The maximum absolute atomic E-state index is 13.6. The van der Waals surface area contributed by atoms with E-state index in [-0.39, 0.29) is 23.6 Å². The van der Waals surface area contributed by atoms with Crippen LogP contribution in [0.25, 0.3) is 0 Å². The third-order valence-corrected chi connectivity index (χ3v) is 4.89. The molecule has 3 rings (SSSR count). The van der Waals surface area contributed by atoms with Crippen LogP contribution in [0.2, 0.25) is 0 Å². The summed E-state index contributed by atoms with van der Waals surface area (Å²) in [4.78, 5) is 40.6. The third-order valence-electron chi connectivity index (χ3n) is 4.20. The number of carbonyl (C=O) groups excluding carboxylic acids is 1. The van der Waals surface area contributed by atoms with Crippen LogP contribution >= 0.6 is 15.9 Å². The molecular weight excluding hydrogens is 431 g/mol. The highest BCUT2D eigenvalue weighted by atomic mass is 79.9. The molecular formula is C19H16BrFN4O3. The van der Waals surface area contributed by atoms with E-state index in [0.29, 0.717) is 4.47 Å². The number of aromatic amines is 1. The average Bonchev–Trinajstić information content (AvgIpc) is 2.67. The van der Waals surface area contributed by atoms with Crippen LogP contribution in [0.4, 0.5) is 15.9 Å². The maximum atomic E-state index is 13.6. The van der Waals surface area contributed by atoms with E-state index < -0.39 is 23.0 Å². The van der Waals surface area contributed by atoms with E-state index in [2.05, 4.69) is 20.9 Å². The highest BCUT2D eigenvalue weighted by molar-refractivity contribution is 9.10. The van der Waals surface area contributed by atoms with Crippen LogP contribution in [0.5, 0.6) is 0 Å². The molecule has 0 radical (unpaired) electrons. The van der Waals surface area contributed by atoms with Crippen molar-refractivity contribution < 1.29 is 9.18 Å². The topological polar surface area (TPSA) is 101 Å². The molecule has 144 valence electrons. The molecule has 1 amide bonds. The standard InChI is InChI=1S/C19H16BrFN4O3/c1-24(18(27)13-9-12(21)7-8-14(13)20)15-16(22)25(19(28)23-17(15)26)10-11-5-3-2-4-6-11/h2-9H,10,22H2,1H3,(H,23,26,28). The SMILES string of the molecule is CN(C(=O)c1cc(F)ccc1Br)c1c(N)n(Cc2ccccc2)c(=O)[nH]c1=O. The van der Waals surface area contributed by atoms with E-state index in [0.717, 1.165) is 21.1 Å². The lowest BCUT2D eigenvalue weighted by molar-refractivity contribution is 0.0991. The minimum absolute atomic E-state index is 0.0158. The molecule has 0 spiro atoms. The minimum atomic E-state index is -0.810. The Kier molecular flexibility index (Phi) is 5.46. The van der Waals surface area contributed by atoms with Crippen molar-refractivity contribution in [2.24, 2.45) is 0 Å². The van der Waals surface area contributed by atoms with Crippen molar-refractivity contribution in [1.29, 1.82) is 0 Å². The number of H-pyrrole nitrogens is 1. The zero-order valence-electron chi connectivity index (χ0n) is 14.8. The van der Waals surface area contributed by atoms with Gasteiger partial charge in [0.05, 0.1) is 12.1 Å². The lowest BCUT2D eigenvalue weighted by Gasteiger charge is -2.21. The van der Waals surface area contributed by atoms with Crippen molar-refractivity contribution in [2.75, 3.05) is 17.7 Å². The van der Waals surface area contributed by atoms with E-state index in [1.54, 1.807) is 24.3 Å². The van der Waals surface area contributed by atoms with Crippen molar-refractivity contribution in [3.8, 4) is 0 Å². The fourth-order valence-corrected chi connectivity index (χ4v) is 3.18. The molecule has 3 aromatic rings. The largest absolute Gasteiger partial charge is 0.383 e. The van der Waals surface area contributed by atoms with Gasteiger partial charge in [-0.15, -0.1) is 0 Å². The number of rotatable bonds is 4. The number of hydrogen-bond acceptors (Lipinski definition) is 4. The zero-order chi connectivity index (χ0) is 20.4. The van der Waals surface area contributed by atoms with Gasteiger partial charge in [0.15, 0.2) is 5.69 Å². The Labute approximate surface area is 167 Å². The number of amides is 1. The summed E-state index contributed by atoms with van der Waals surface area (Å²) in [5.41, 5.74) is 5.19. The first-order valence-electron chi connectivity index (χ1n) is 8.19. The summed E-state index contributed by atoms with van der Waals surface area (Å²) in [6.07, 6.45) is 0. The van der Waals surface area contributed by atoms with Crippen molar-refractivity contribution in [3.63, 3.8) is 0 Å². The van der Waals surface area contributed by atoms with Crippen LogP contribution in [0, 0.1) is 5.82 Å². The molecule has 1 heterocycles. The van der Waals surface area contributed by atoms with Gasteiger partial charge < -0.3 is 10.6 Å². The molecule has 3 N–H and O–H groups in total. The highest BCUT2D eigenvalue weighted by Crippen LogP contribution is 2.23. The molecule has 0 aliphatic heterocycles. The molecule has 0 bridgehead atoms. The Balaban J connectivity index is 2.07. The Morgan fingerprint density at radius 2 is 1.89 bits per heavy atom. The van der Waals surface area contributed by atoms with Crippen LogP contribution < -0.4 is 21.9 Å². The van der Waals surface area contributed by atoms with Gasteiger partial charge in [-0.05, 0) is 39.7 Å². The van der Waals surface area contributed by atoms with Crippen LogP contribution in [0.1, 0.15) is 15.9 Å². The molecule has 0 saturated heterocycles. The number of aromatic nitrogens is 2. The summed E-state index contributed by atoms with van der Waals surface area (Å²) < 4.78 is 15.1. The molecule has 28 heavy (non-hydrogen) atoms. The summed E-state index contributed by atoms with van der Waals surface area (Å²) in [5.74, 6) is -1.43. The Morgan fingerprint density at radius 1 is 1.21 bits per heavy atom. The molecule has 0 aliphatic carbocycles. The predicted octanol–water partition coefficient (Wildman–Crippen LogP) is 2.35. The first kappa shape index (κ1) is 19.6. The highest BCUT2D eigenvalue weighted by Gasteiger charge is 2.23. The molecule has 9 heteroatoms. The van der Waals surface area contributed by atoms with Gasteiger partial charge in [-0.1, -0.05) is 30.3 Å².